The molecule has 1 amide bonds. The van der Waals surface area contributed by atoms with E-state index >= 15 is 0 Å². The van der Waals surface area contributed by atoms with E-state index < -0.39 is 0 Å². The highest BCUT2D eigenvalue weighted by atomic mass is 35.5. The van der Waals surface area contributed by atoms with E-state index in [1.54, 1.807) is 31.4 Å². The predicted octanol–water partition coefficient (Wildman–Crippen LogP) is 6.57. The van der Waals surface area contributed by atoms with Crippen LogP contribution in [0.3, 0.4) is 0 Å². The number of carbonyl (C=O) groups excluding carboxylic acids is 1. The Kier molecular flexibility index (Phi) is 8.28. The van der Waals surface area contributed by atoms with Crippen molar-refractivity contribution < 1.29 is 9.53 Å². The van der Waals surface area contributed by atoms with Gasteiger partial charge in [0.25, 0.3) is 5.91 Å². The van der Waals surface area contributed by atoms with Gasteiger partial charge in [0.2, 0.25) is 5.95 Å². The summed E-state index contributed by atoms with van der Waals surface area (Å²) >= 11 is 0. The number of aromatic nitrogens is 2. The van der Waals surface area contributed by atoms with Gasteiger partial charge in [-0.05, 0) is 69.3 Å². The number of carbonyl (C=O) groups is 1. The summed E-state index contributed by atoms with van der Waals surface area (Å²) < 4.78 is 5.18. The molecule has 1 heterocycles. The molecule has 0 saturated heterocycles. The molecule has 0 bridgehead atoms. The molecular formula is C27H28ClN5O2. The molecule has 4 rings (SSSR count). The lowest BCUT2D eigenvalue weighted by Gasteiger charge is -2.17. The molecule has 0 saturated carbocycles. The number of amides is 1. The Bertz CT molecular complexity index is 1290. The Morgan fingerprint density at radius 2 is 1.29 bits per heavy atom. The van der Waals surface area contributed by atoms with Crippen molar-refractivity contribution in [3.05, 3.63) is 95.2 Å². The number of anilines is 5. The smallest absolute Gasteiger partial charge is 0.255 e. The fourth-order valence-electron chi connectivity index (χ4n) is 3.34. The molecule has 0 aliphatic heterocycles. The second-order valence-electron chi connectivity index (χ2n) is 8.02. The molecule has 35 heavy (non-hydrogen) atoms. The lowest BCUT2D eigenvalue weighted by molar-refractivity contribution is 0.102. The first-order valence-corrected chi connectivity index (χ1v) is 10.9. The molecule has 0 unspecified atom stereocenters. The van der Waals surface area contributed by atoms with Gasteiger partial charge in [0.15, 0.2) is 5.82 Å². The highest BCUT2D eigenvalue weighted by Crippen LogP contribution is 2.29. The molecule has 0 fully saturated rings. The molecule has 3 N–H and O–H groups in total. The number of rotatable bonds is 7. The van der Waals surface area contributed by atoms with Crippen LogP contribution in [0, 0.1) is 20.8 Å². The van der Waals surface area contributed by atoms with Gasteiger partial charge in [-0.2, -0.15) is 4.98 Å². The lowest BCUT2D eigenvalue weighted by atomic mass is 10.2. The SMILES string of the molecule is COc1ccc(C(=O)Nc2c(C)nc(Nc3ccc(C)cc3)nc2Nc2ccc(C)cc2)cc1.Cl. The second kappa shape index (κ2) is 11.4. The maximum Gasteiger partial charge on any atom is 0.255 e. The third kappa shape index (κ3) is 6.49. The molecule has 1 aromatic heterocycles. The van der Waals surface area contributed by atoms with Gasteiger partial charge in [0, 0.05) is 16.9 Å². The minimum atomic E-state index is -0.263. The van der Waals surface area contributed by atoms with Crippen molar-refractivity contribution in [1.29, 1.82) is 0 Å². The van der Waals surface area contributed by atoms with Crippen molar-refractivity contribution in [3.63, 3.8) is 0 Å². The quantitative estimate of drug-likeness (QED) is 0.272. The number of benzene rings is 3. The number of nitrogens with one attached hydrogen (secondary N) is 3. The fourth-order valence-corrected chi connectivity index (χ4v) is 3.34. The normalized spacial score (nSPS) is 10.2. The van der Waals surface area contributed by atoms with Gasteiger partial charge in [0.05, 0.1) is 12.8 Å². The first-order chi connectivity index (χ1) is 16.4. The number of hydrogen-bond donors (Lipinski definition) is 3. The Balaban J connectivity index is 0.00000342. The van der Waals surface area contributed by atoms with E-state index in [2.05, 4.69) is 25.9 Å². The van der Waals surface area contributed by atoms with Crippen LogP contribution in [-0.4, -0.2) is 23.0 Å². The summed E-state index contributed by atoms with van der Waals surface area (Å²) in [6.07, 6.45) is 0. The molecule has 4 aromatic rings. The summed E-state index contributed by atoms with van der Waals surface area (Å²) in [7, 11) is 1.59. The molecule has 0 aliphatic rings. The van der Waals surface area contributed by atoms with Crippen LogP contribution in [0.25, 0.3) is 0 Å². The second-order valence-corrected chi connectivity index (χ2v) is 8.02. The summed E-state index contributed by atoms with van der Waals surface area (Å²) in [4.78, 5) is 22.2. The Labute approximate surface area is 211 Å². The molecule has 180 valence electrons. The zero-order valence-electron chi connectivity index (χ0n) is 20.0. The number of halogens is 1. The topological polar surface area (TPSA) is 88.2 Å². The molecular weight excluding hydrogens is 462 g/mol. The largest absolute Gasteiger partial charge is 0.497 e. The number of nitrogens with zero attached hydrogens (tertiary/aromatic N) is 2. The maximum absolute atomic E-state index is 13.0. The van der Waals surface area contributed by atoms with E-state index in [1.165, 1.54) is 5.56 Å². The molecule has 0 radical (unpaired) electrons. The first-order valence-electron chi connectivity index (χ1n) is 10.9. The van der Waals surface area contributed by atoms with Crippen LogP contribution < -0.4 is 20.7 Å². The van der Waals surface area contributed by atoms with E-state index in [1.807, 2.05) is 69.3 Å². The van der Waals surface area contributed by atoms with Crippen LogP contribution in [0.1, 0.15) is 27.2 Å². The standard InChI is InChI=1S/C27H27N5O2.ClH/c1-17-5-11-21(12-6-17)29-25-24(31-26(33)20-9-15-23(34-4)16-10-20)19(3)28-27(32-25)30-22-13-7-18(2)8-14-22;/h5-16H,1-4H3,(H,31,33)(H2,28,29,30,32);1H. The highest BCUT2D eigenvalue weighted by molar-refractivity contribution is 6.06. The van der Waals surface area contributed by atoms with Crippen LogP contribution in [0.5, 0.6) is 5.75 Å². The van der Waals surface area contributed by atoms with Crippen LogP contribution in [0.2, 0.25) is 0 Å². The number of methoxy groups -OCH3 is 1. The minimum absolute atomic E-state index is 0. The predicted molar refractivity (Wildman–Crippen MR) is 144 cm³/mol. The molecule has 0 atom stereocenters. The molecule has 3 aromatic carbocycles. The van der Waals surface area contributed by atoms with Gasteiger partial charge >= 0.3 is 0 Å². The van der Waals surface area contributed by atoms with E-state index in [0.717, 1.165) is 16.9 Å². The maximum atomic E-state index is 13.0. The van der Waals surface area contributed by atoms with Gasteiger partial charge in [-0.15, -0.1) is 12.4 Å². The van der Waals surface area contributed by atoms with Crippen LogP contribution in [0.4, 0.5) is 28.8 Å². The van der Waals surface area contributed by atoms with Gasteiger partial charge in [0.1, 0.15) is 11.4 Å². The fraction of sp³-hybridized carbons (Fsp3) is 0.148. The van der Waals surface area contributed by atoms with Gasteiger partial charge in [-0.1, -0.05) is 35.4 Å². The zero-order valence-corrected chi connectivity index (χ0v) is 20.9. The number of ether oxygens (including phenoxy) is 1. The Hall–Kier alpha value is -4.10. The summed E-state index contributed by atoms with van der Waals surface area (Å²) in [6.45, 7) is 5.91. The van der Waals surface area contributed by atoms with Crippen molar-refractivity contribution in [2.75, 3.05) is 23.1 Å². The van der Waals surface area contributed by atoms with Crippen molar-refractivity contribution >= 4 is 47.1 Å². The van der Waals surface area contributed by atoms with E-state index in [0.29, 0.717) is 34.5 Å². The van der Waals surface area contributed by atoms with E-state index in [9.17, 15) is 4.79 Å². The van der Waals surface area contributed by atoms with Gasteiger partial charge in [-0.3, -0.25) is 4.79 Å². The van der Waals surface area contributed by atoms with Crippen molar-refractivity contribution in [1.82, 2.24) is 9.97 Å². The molecule has 7 nitrogen and oxygen atoms in total. The van der Waals surface area contributed by atoms with Crippen molar-refractivity contribution in [2.45, 2.75) is 20.8 Å². The summed E-state index contributed by atoms with van der Waals surface area (Å²) in [6, 6.07) is 22.9. The van der Waals surface area contributed by atoms with Crippen molar-refractivity contribution in [3.8, 4) is 5.75 Å². The van der Waals surface area contributed by atoms with E-state index in [-0.39, 0.29) is 18.3 Å². The molecule has 0 spiro atoms. The van der Waals surface area contributed by atoms with Gasteiger partial charge < -0.3 is 20.7 Å². The average Bonchev–Trinajstić information content (AvgIpc) is 2.84. The molecule has 0 aliphatic carbocycles. The summed E-state index contributed by atoms with van der Waals surface area (Å²) in [5.41, 5.74) is 5.69. The Morgan fingerprint density at radius 1 is 0.743 bits per heavy atom. The number of aryl methyl sites for hydroxylation is 3. The zero-order chi connectivity index (χ0) is 24.1. The monoisotopic (exact) mass is 489 g/mol. The first kappa shape index (κ1) is 25.5. The van der Waals surface area contributed by atoms with Crippen LogP contribution in [-0.2, 0) is 0 Å². The average molecular weight is 490 g/mol. The molecule has 8 heteroatoms. The Morgan fingerprint density at radius 3 is 1.83 bits per heavy atom. The highest BCUT2D eigenvalue weighted by Gasteiger charge is 2.16. The summed E-state index contributed by atoms with van der Waals surface area (Å²) in [5, 5.41) is 9.54. The lowest BCUT2D eigenvalue weighted by Crippen LogP contribution is -2.16. The number of hydrogen-bond acceptors (Lipinski definition) is 6. The van der Waals surface area contributed by atoms with Crippen LogP contribution >= 0.6 is 12.4 Å². The van der Waals surface area contributed by atoms with Crippen LogP contribution in [0.15, 0.2) is 72.8 Å². The third-order valence-corrected chi connectivity index (χ3v) is 5.30. The minimum Gasteiger partial charge on any atom is -0.497 e. The van der Waals surface area contributed by atoms with Crippen molar-refractivity contribution in [2.24, 2.45) is 0 Å². The third-order valence-electron chi connectivity index (χ3n) is 5.30. The van der Waals surface area contributed by atoms with E-state index in [4.69, 9.17) is 4.74 Å². The van der Waals surface area contributed by atoms with Gasteiger partial charge in [-0.25, -0.2) is 4.98 Å². The summed E-state index contributed by atoms with van der Waals surface area (Å²) in [5.74, 6) is 1.34.